The molecule has 0 bridgehead atoms. The summed E-state index contributed by atoms with van der Waals surface area (Å²) in [5, 5.41) is 11.0. The molecule has 10 rings (SSSR count). The molecular formula is C43H49FN8O6. The number of ether oxygens (including phenoxy) is 3. The Hall–Kier alpha value is -5.15. The monoisotopic (exact) mass is 792 g/mol. The number of aromatic amines is 1. The Kier molecular flexibility index (Phi) is 9.54. The molecule has 2 aromatic heterocycles. The lowest BCUT2D eigenvalue weighted by Crippen LogP contribution is -2.52. The van der Waals surface area contributed by atoms with Crippen LogP contribution in [-0.2, 0) is 25.6 Å². The van der Waals surface area contributed by atoms with Crippen LogP contribution < -0.4 is 19.9 Å². The summed E-state index contributed by atoms with van der Waals surface area (Å²) in [6.45, 7) is 5.17. The summed E-state index contributed by atoms with van der Waals surface area (Å²) in [6, 6.07) is 10.6. The molecule has 3 amide bonds. The molecule has 4 aliphatic heterocycles. The van der Waals surface area contributed by atoms with Crippen molar-refractivity contribution >= 4 is 40.1 Å². The van der Waals surface area contributed by atoms with Crippen LogP contribution in [0.4, 0.5) is 15.9 Å². The van der Waals surface area contributed by atoms with Crippen LogP contribution in [0.2, 0.25) is 0 Å². The van der Waals surface area contributed by atoms with Gasteiger partial charge >= 0.3 is 0 Å². The van der Waals surface area contributed by atoms with Gasteiger partial charge in [0.2, 0.25) is 11.8 Å². The van der Waals surface area contributed by atoms with Crippen molar-refractivity contribution in [3.05, 3.63) is 59.7 Å². The van der Waals surface area contributed by atoms with Gasteiger partial charge in [0.05, 0.1) is 53.6 Å². The van der Waals surface area contributed by atoms with Gasteiger partial charge < -0.3 is 28.9 Å². The highest BCUT2D eigenvalue weighted by atomic mass is 19.1. The number of piperidine rings is 3. The Balaban J connectivity index is 0.683. The van der Waals surface area contributed by atoms with Crippen LogP contribution in [0.15, 0.2) is 42.7 Å². The average Bonchev–Trinajstić information content (AvgIpc) is 3.50. The van der Waals surface area contributed by atoms with E-state index in [-0.39, 0.29) is 66.8 Å². The highest BCUT2D eigenvalue weighted by molar-refractivity contribution is 6.05. The minimum atomic E-state index is -0.771. The number of benzene rings is 2. The maximum absolute atomic E-state index is 15.9. The number of fused-ring (bicyclic) bond motifs is 2. The highest BCUT2D eigenvalue weighted by Crippen LogP contribution is 2.41. The third-order valence-electron chi connectivity index (χ3n) is 13.0. The Morgan fingerprint density at radius 3 is 2.26 bits per heavy atom. The van der Waals surface area contributed by atoms with Gasteiger partial charge in [-0.15, -0.1) is 0 Å². The summed E-state index contributed by atoms with van der Waals surface area (Å²) < 4.78 is 35.4. The second-order valence-electron chi connectivity index (χ2n) is 17.1. The summed E-state index contributed by atoms with van der Waals surface area (Å²) in [4.78, 5) is 52.1. The van der Waals surface area contributed by atoms with Crippen molar-refractivity contribution in [3.63, 3.8) is 0 Å². The molecule has 4 aromatic rings. The second kappa shape index (κ2) is 14.9. The molecule has 58 heavy (non-hydrogen) atoms. The number of amides is 3. The molecule has 1 unspecified atom stereocenters. The van der Waals surface area contributed by atoms with Gasteiger partial charge in [0.15, 0.2) is 5.82 Å². The largest absolute Gasteiger partial charge is 0.488 e. The van der Waals surface area contributed by atoms with E-state index in [2.05, 4.69) is 43.4 Å². The van der Waals surface area contributed by atoms with Gasteiger partial charge in [-0.1, -0.05) is 0 Å². The van der Waals surface area contributed by atoms with Crippen LogP contribution in [0.5, 0.6) is 5.75 Å². The standard InChI is InChI=1S/C43H49FN8O6/c1-43(14-15-43)58-29-4-6-33-31(21-29)40(49-48-33)34-22-37(46-24-45-34)51-18-12-26(13-19-51)57-28-3-2-27(20-28)56-25-10-16-50(17-11-25)35-7-5-30-32(39(35)44)23-52(42(30)55)36-8-9-38(53)47-41(36)54/h4-7,21-22,24-28,36H,2-3,8-20,23H2,1H3,(H,48,49)(H,47,53,54)/t27-,28-,36?/m0/s1. The Morgan fingerprint density at radius 2 is 1.55 bits per heavy atom. The average molecular weight is 793 g/mol. The van der Waals surface area contributed by atoms with Gasteiger partial charge in [-0.25, -0.2) is 14.4 Å². The summed E-state index contributed by atoms with van der Waals surface area (Å²) in [6.07, 6.45) is 11.1. The van der Waals surface area contributed by atoms with Crippen LogP contribution in [0, 0.1) is 5.82 Å². The summed E-state index contributed by atoms with van der Waals surface area (Å²) in [5.41, 5.74) is 3.56. The third kappa shape index (κ3) is 7.27. The molecule has 2 aliphatic carbocycles. The Labute approximate surface area is 335 Å². The van der Waals surface area contributed by atoms with Crippen molar-refractivity contribution < 1.29 is 33.0 Å². The van der Waals surface area contributed by atoms with E-state index in [1.54, 1.807) is 18.5 Å². The molecule has 0 radical (unpaired) electrons. The van der Waals surface area contributed by atoms with E-state index in [1.165, 1.54) is 4.90 Å². The molecule has 3 atom stereocenters. The fourth-order valence-electron chi connectivity index (χ4n) is 9.45. The van der Waals surface area contributed by atoms with Crippen LogP contribution in [0.1, 0.15) is 93.5 Å². The van der Waals surface area contributed by atoms with Crippen molar-refractivity contribution in [3.8, 4) is 17.1 Å². The number of carbonyl (C=O) groups is 3. The first-order valence-electron chi connectivity index (χ1n) is 20.9. The number of hydrogen-bond donors (Lipinski definition) is 2. The van der Waals surface area contributed by atoms with E-state index < -0.39 is 17.8 Å². The summed E-state index contributed by atoms with van der Waals surface area (Å²) in [7, 11) is 0. The fraction of sp³-hybridized carbons (Fsp3) is 0.535. The number of nitrogens with one attached hydrogen (secondary N) is 2. The summed E-state index contributed by atoms with van der Waals surface area (Å²) >= 11 is 0. The Bertz CT molecular complexity index is 2250. The first kappa shape index (κ1) is 37.1. The molecule has 2 aromatic carbocycles. The van der Waals surface area contributed by atoms with E-state index in [1.807, 2.05) is 23.1 Å². The van der Waals surface area contributed by atoms with Crippen molar-refractivity contribution in [2.75, 3.05) is 36.0 Å². The molecule has 3 saturated heterocycles. The van der Waals surface area contributed by atoms with Gasteiger partial charge in [0.25, 0.3) is 5.91 Å². The third-order valence-corrected chi connectivity index (χ3v) is 13.0. The number of nitrogens with zero attached hydrogens (tertiary/aromatic N) is 6. The first-order valence-corrected chi connectivity index (χ1v) is 20.9. The predicted molar refractivity (Wildman–Crippen MR) is 212 cm³/mol. The topological polar surface area (TPSA) is 155 Å². The molecule has 14 nitrogen and oxygen atoms in total. The van der Waals surface area contributed by atoms with Gasteiger partial charge in [-0.05, 0) is 101 Å². The number of halogens is 1. The lowest BCUT2D eigenvalue weighted by atomic mass is 10.0. The van der Waals surface area contributed by atoms with E-state index in [4.69, 9.17) is 14.2 Å². The SMILES string of the molecule is CC1(Oc2ccc3n[nH]c(-c4cc(N5CCC(O[C@H]6CC[C@H](OC7CCN(c8ccc9c(c8F)CN(C8CCC(=O)NC8=O)C9=O)CC7)C6)CC5)ncn4)c3c2)CC1. The van der Waals surface area contributed by atoms with Crippen LogP contribution in [0.25, 0.3) is 22.3 Å². The van der Waals surface area contributed by atoms with E-state index in [9.17, 15) is 14.4 Å². The molecule has 0 spiro atoms. The first-order chi connectivity index (χ1) is 28.2. The molecule has 5 fully saturated rings. The second-order valence-corrected chi connectivity index (χ2v) is 17.1. The fourth-order valence-corrected chi connectivity index (χ4v) is 9.45. The maximum Gasteiger partial charge on any atom is 0.255 e. The lowest BCUT2D eigenvalue weighted by Gasteiger charge is -2.35. The zero-order valence-electron chi connectivity index (χ0n) is 32.8. The van der Waals surface area contributed by atoms with Crippen molar-refractivity contribution in [2.45, 2.75) is 120 Å². The number of carbonyl (C=O) groups excluding carboxylic acids is 3. The van der Waals surface area contributed by atoms with Crippen LogP contribution >= 0.6 is 0 Å². The highest BCUT2D eigenvalue weighted by Gasteiger charge is 2.42. The quantitative estimate of drug-likeness (QED) is 0.197. The van der Waals surface area contributed by atoms with E-state index in [0.29, 0.717) is 24.3 Å². The maximum atomic E-state index is 15.9. The molecule has 304 valence electrons. The number of imide groups is 1. The van der Waals surface area contributed by atoms with Crippen molar-refractivity contribution in [1.29, 1.82) is 0 Å². The Morgan fingerprint density at radius 1 is 0.828 bits per heavy atom. The van der Waals surface area contributed by atoms with Crippen LogP contribution in [0.3, 0.4) is 0 Å². The normalized spacial score (nSPS) is 25.1. The van der Waals surface area contributed by atoms with Crippen LogP contribution in [-0.4, -0.2) is 105 Å². The predicted octanol–water partition coefficient (Wildman–Crippen LogP) is 5.44. The number of anilines is 2. The number of H-pyrrole nitrogens is 1. The minimum Gasteiger partial charge on any atom is -0.488 e. The number of rotatable bonds is 10. The molecule has 2 N–H and O–H groups in total. The molecular weight excluding hydrogens is 744 g/mol. The minimum absolute atomic E-state index is 0.0219. The van der Waals surface area contributed by atoms with Gasteiger partial charge in [0.1, 0.15) is 29.5 Å². The zero-order chi connectivity index (χ0) is 39.5. The zero-order valence-corrected chi connectivity index (χ0v) is 32.8. The van der Waals surface area contributed by atoms with Gasteiger partial charge in [-0.3, -0.25) is 24.8 Å². The van der Waals surface area contributed by atoms with Crippen molar-refractivity contribution in [2.24, 2.45) is 0 Å². The molecule has 15 heteroatoms. The van der Waals surface area contributed by atoms with Gasteiger partial charge in [0, 0.05) is 55.2 Å². The van der Waals surface area contributed by atoms with E-state index in [0.717, 1.165) is 105 Å². The summed E-state index contributed by atoms with van der Waals surface area (Å²) in [5.74, 6) is 0.120. The number of aromatic nitrogens is 4. The lowest BCUT2D eigenvalue weighted by molar-refractivity contribution is -0.136. The van der Waals surface area contributed by atoms with Gasteiger partial charge in [-0.2, -0.15) is 5.10 Å². The van der Waals surface area contributed by atoms with E-state index >= 15 is 4.39 Å². The number of hydrogen-bond acceptors (Lipinski definition) is 11. The molecule has 6 heterocycles. The molecule has 2 saturated carbocycles. The van der Waals surface area contributed by atoms with Crippen molar-refractivity contribution in [1.82, 2.24) is 30.4 Å². The molecule has 6 aliphatic rings. The smallest absolute Gasteiger partial charge is 0.255 e.